The number of hydrogen-bond donors (Lipinski definition) is 2. The predicted octanol–water partition coefficient (Wildman–Crippen LogP) is 0.404. The van der Waals surface area contributed by atoms with Crippen molar-refractivity contribution in [3.63, 3.8) is 0 Å². The lowest BCUT2D eigenvalue weighted by atomic mass is 10.0. The minimum Gasteiger partial charge on any atom is -0.409 e. The molecule has 0 bridgehead atoms. The summed E-state index contributed by atoms with van der Waals surface area (Å²) in [6.45, 7) is 2.48. The Morgan fingerprint density at radius 1 is 1.62 bits per heavy atom. The third-order valence-corrected chi connectivity index (χ3v) is 2.85. The molecule has 1 fully saturated rings. The van der Waals surface area contributed by atoms with Crippen molar-refractivity contribution in [2.24, 2.45) is 16.8 Å². The second kappa shape index (κ2) is 4.98. The average molecular weight is 224 g/mol. The topological polar surface area (TPSA) is 85.7 Å². The Kier molecular flexibility index (Phi) is 3.40. The highest BCUT2D eigenvalue weighted by Crippen LogP contribution is 2.17. The zero-order valence-electron chi connectivity index (χ0n) is 9.04. The van der Waals surface area contributed by atoms with E-state index in [1.165, 1.54) is 0 Å². The molecule has 0 aromatic carbocycles. The maximum absolute atomic E-state index is 8.63. The predicted molar refractivity (Wildman–Crippen MR) is 58.3 cm³/mol. The van der Waals surface area contributed by atoms with Crippen LogP contribution in [0.25, 0.3) is 0 Å². The number of oxime groups is 1. The highest BCUT2D eigenvalue weighted by Gasteiger charge is 2.16. The van der Waals surface area contributed by atoms with Gasteiger partial charge < -0.3 is 20.2 Å². The van der Waals surface area contributed by atoms with Gasteiger partial charge in [0.25, 0.3) is 0 Å². The van der Waals surface area contributed by atoms with Gasteiger partial charge in [-0.1, -0.05) is 5.16 Å². The van der Waals surface area contributed by atoms with Crippen LogP contribution in [0.3, 0.4) is 0 Å². The lowest BCUT2D eigenvalue weighted by Gasteiger charge is -2.22. The van der Waals surface area contributed by atoms with Crippen LogP contribution in [0.4, 0.5) is 0 Å². The largest absolute Gasteiger partial charge is 0.409 e. The van der Waals surface area contributed by atoms with Crippen molar-refractivity contribution in [2.75, 3.05) is 13.2 Å². The van der Waals surface area contributed by atoms with E-state index in [-0.39, 0.29) is 5.84 Å². The fraction of sp³-hybridized carbons (Fsp3) is 0.600. The van der Waals surface area contributed by atoms with E-state index in [1.807, 2.05) is 10.8 Å². The van der Waals surface area contributed by atoms with E-state index >= 15 is 0 Å². The zero-order valence-corrected chi connectivity index (χ0v) is 9.04. The van der Waals surface area contributed by atoms with Gasteiger partial charge in [0.2, 0.25) is 5.84 Å². The van der Waals surface area contributed by atoms with Crippen LogP contribution < -0.4 is 5.73 Å². The fourth-order valence-electron chi connectivity index (χ4n) is 1.94. The van der Waals surface area contributed by atoms with Gasteiger partial charge in [-0.2, -0.15) is 0 Å². The first kappa shape index (κ1) is 10.9. The highest BCUT2D eigenvalue weighted by molar-refractivity contribution is 5.93. The monoisotopic (exact) mass is 224 g/mol. The molecule has 1 aliphatic rings. The van der Waals surface area contributed by atoms with Gasteiger partial charge >= 0.3 is 0 Å². The molecule has 1 saturated heterocycles. The molecule has 16 heavy (non-hydrogen) atoms. The number of ether oxygens (including phenoxy) is 1. The first-order chi connectivity index (χ1) is 7.81. The molecule has 0 atom stereocenters. The summed E-state index contributed by atoms with van der Waals surface area (Å²) in [5.41, 5.74) is 5.54. The molecule has 0 unspecified atom stereocenters. The Hall–Kier alpha value is -1.56. The maximum atomic E-state index is 8.63. The van der Waals surface area contributed by atoms with Crippen molar-refractivity contribution in [2.45, 2.75) is 19.4 Å². The van der Waals surface area contributed by atoms with Crippen molar-refractivity contribution in [1.82, 2.24) is 9.55 Å². The molecule has 0 saturated carbocycles. The number of hydrogen-bond acceptors (Lipinski definition) is 4. The van der Waals surface area contributed by atoms with E-state index in [4.69, 9.17) is 15.7 Å². The molecule has 2 heterocycles. The zero-order chi connectivity index (χ0) is 11.4. The van der Waals surface area contributed by atoms with E-state index in [0.29, 0.717) is 11.7 Å². The first-order valence-corrected chi connectivity index (χ1v) is 5.38. The molecule has 88 valence electrons. The molecule has 1 aromatic rings. The SMILES string of the molecule is NC(=NO)c1nccn1CC1CCOCC1. The number of nitrogens with zero attached hydrogens (tertiary/aromatic N) is 3. The van der Waals surface area contributed by atoms with Crippen molar-refractivity contribution in [3.05, 3.63) is 18.2 Å². The summed E-state index contributed by atoms with van der Waals surface area (Å²) in [6.07, 6.45) is 5.61. The van der Waals surface area contributed by atoms with E-state index in [2.05, 4.69) is 10.1 Å². The van der Waals surface area contributed by atoms with Crippen LogP contribution in [0, 0.1) is 5.92 Å². The van der Waals surface area contributed by atoms with Crippen LogP contribution in [0.1, 0.15) is 18.7 Å². The minimum absolute atomic E-state index is 0.0528. The molecule has 2 rings (SSSR count). The Morgan fingerprint density at radius 3 is 3.06 bits per heavy atom. The number of rotatable bonds is 3. The van der Waals surface area contributed by atoms with E-state index < -0.39 is 0 Å². The van der Waals surface area contributed by atoms with Gasteiger partial charge in [-0.05, 0) is 18.8 Å². The molecule has 0 aliphatic carbocycles. The summed E-state index contributed by atoms with van der Waals surface area (Å²) in [7, 11) is 0. The summed E-state index contributed by atoms with van der Waals surface area (Å²) >= 11 is 0. The van der Waals surface area contributed by atoms with Gasteiger partial charge in [-0.3, -0.25) is 0 Å². The summed E-state index contributed by atoms with van der Waals surface area (Å²) < 4.78 is 7.23. The third-order valence-electron chi connectivity index (χ3n) is 2.85. The highest BCUT2D eigenvalue weighted by atomic mass is 16.5. The molecule has 1 aromatic heterocycles. The number of nitrogens with two attached hydrogens (primary N) is 1. The molecule has 0 radical (unpaired) electrons. The lowest BCUT2D eigenvalue weighted by molar-refractivity contribution is 0.0612. The van der Waals surface area contributed by atoms with Crippen molar-refractivity contribution in [3.8, 4) is 0 Å². The van der Waals surface area contributed by atoms with Crippen LogP contribution in [0.5, 0.6) is 0 Å². The maximum Gasteiger partial charge on any atom is 0.206 e. The summed E-state index contributed by atoms with van der Waals surface area (Å²) in [6, 6.07) is 0. The van der Waals surface area contributed by atoms with Crippen molar-refractivity contribution >= 4 is 5.84 Å². The van der Waals surface area contributed by atoms with Gasteiger partial charge in [0.15, 0.2) is 5.82 Å². The van der Waals surface area contributed by atoms with Crippen LogP contribution in [0.2, 0.25) is 0 Å². The molecule has 3 N–H and O–H groups in total. The molecular formula is C10H16N4O2. The molecular weight excluding hydrogens is 208 g/mol. The van der Waals surface area contributed by atoms with Crippen LogP contribution >= 0.6 is 0 Å². The summed E-state index contributed by atoms with van der Waals surface area (Å²) in [4.78, 5) is 4.07. The molecule has 1 aliphatic heterocycles. The van der Waals surface area contributed by atoms with Crippen LogP contribution in [-0.4, -0.2) is 33.8 Å². The molecule has 6 nitrogen and oxygen atoms in total. The van der Waals surface area contributed by atoms with E-state index in [9.17, 15) is 0 Å². The quantitative estimate of drug-likeness (QED) is 0.337. The van der Waals surface area contributed by atoms with Crippen LogP contribution in [0.15, 0.2) is 17.5 Å². The molecule has 0 spiro atoms. The molecule has 0 amide bonds. The second-order valence-electron chi connectivity index (χ2n) is 3.94. The average Bonchev–Trinajstić information content (AvgIpc) is 2.77. The van der Waals surface area contributed by atoms with Gasteiger partial charge in [-0.25, -0.2) is 4.98 Å². The lowest BCUT2D eigenvalue weighted by Crippen LogP contribution is -2.24. The minimum atomic E-state index is 0.0528. The van der Waals surface area contributed by atoms with Gasteiger partial charge in [0.05, 0.1) is 0 Å². The van der Waals surface area contributed by atoms with E-state index in [1.54, 1.807) is 6.20 Å². The van der Waals surface area contributed by atoms with Gasteiger partial charge in [0.1, 0.15) is 0 Å². The van der Waals surface area contributed by atoms with Gasteiger partial charge in [0, 0.05) is 32.2 Å². The smallest absolute Gasteiger partial charge is 0.206 e. The first-order valence-electron chi connectivity index (χ1n) is 5.38. The Morgan fingerprint density at radius 2 is 2.38 bits per heavy atom. The summed E-state index contributed by atoms with van der Waals surface area (Å²) in [5, 5.41) is 11.6. The van der Waals surface area contributed by atoms with E-state index in [0.717, 1.165) is 32.6 Å². The Balaban J connectivity index is 2.06. The normalized spacial score (nSPS) is 18.9. The van der Waals surface area contributed by atoms with Gasteiger partial charge in [-0.15, -0.1) is 0 Å². The fourth-order valence-corrected chi connectivity index (χ4v) is 1.94. The number of aromatic nitrogens is 2. The number of amidine groups is 1. The molecule has 6 heteroatoms. The Bertz CT molecular complexity index is 369. The number of imidazole rings is 1. The standard InChI is InChI=1S/C10H16N4O2/c11-9(13-15)10-12-3-4-14(10)7-8-1-5-16-6-2-8/h3-4,8,15H,1-2,5-7H2,(H2,11,13). The van der Waals surface area contributed by atoms with Crippen molar-refractivity contribution in [1.29, 1.82) is 0 Å². The Labute approximate surface area is 93.7 Å². The summed E-state index contributed by atoms with van der Waals surface area (Å²) in [5.74, 6) is 1.15. The second-order valence-corrected chi connectivity index (χ2v) is 3.94. The van der Waals surface area contributed by atoms with Crippen molar-refractivity contribution < 1.29 is 9.94 Å². The van der Waals surface area contributed by atoms with Crippen LogP contribution in [-0.2, 0) is 11.3 Å². The third kappa shape index (κ3) is 2.33.